The molecule has 0 atom stereocenters. The number of carbonyl (C=O) groups is 1. The van der Waals surface area contributed by atoms with E-state index in [4.69, 9.17) is 38.9 Å². The van der Waals surface area contributed by atoms with Crippen LogP contribution in [0.1, 0.15) is 39.0 Å². The molecular weight excluding hydrogens is 394 g/mol. The van der Waals surface area contributed by atoms with Crippen molar-refractivity contribution in [2.24, 2.45) is 5.73 Å². The lowest BCUT2D eigenvalue weighted by Gasteiger charge is -2.08. The second-order valence-electron chi connectivity index (χ2n) is 6.49. The Bertz CT molecular complexity index is 347. The third-order valence-electron chi connectivity index (χ3n) is 3.85. The van der Waals surface area contributed by atoms with Gasteiger partial charge in [-0.2, -0.15) is 0 Å². The monoisotopic (exact) mass is 437 g/mol. The zero-order valence-corrected chi connectivity index (χ0v) is 18.8. The molecular formula is C21H43NO8. The van der Waals surface area contributed by atoms with Crippen molar-refractivity contribution in [1.82, 2.24) is 0 Å². The standard InChI is InChI=1S/C21H43NO8/c1-2-3-4-5-6-21(23)30-20-19-29-18-17-28-16-15-27-14-13-26-12-11-25-10-9-24-8-7-22/h2-20,22H2,1H3. The molecule has 0 bridgehead atoms. The van der Waals surface area contributed by atoms with Gasteiger partial charge in [0, 0.05) is 13.0 Å². The molecule has 0 radical (unpaired) electrons. The van der Waals surface area contributed by atoms with Gasteiger partial charge in [0.15, 0.2) is 0 Å². The van der Waals surface area contributed by atoms with Crippen LogP contribution in [0.4, 0.5) is 0 Å². The smallest absolute Gasteiger partial charge is 0.305 e. The van der Waals surface area contributed by atoms with Gasteiger partial charge in [0.1, 0.15) is 6.61 Å². The van der Waals surface area contributed by atoms with Crippen molar-refractivity contribution in [3.63, 3.8) is 0 Å². The van der Waals surface area contributed by atoms with Gasteiger partial charge >= 0.3 is 5.97 Å². The summed E-state index contributed by atoms with van der Waals surface area (Å²) < 4.78 is 37.2. The first kappa shape index (κ1) is 29.2. The Morgan fingerprint density at radius 1 is 0.567 bits per heavy atom. The molecule has 0 heterocycles. The SMILES string of the molecule is CCCCCCC(=O)OCCOCCOCCOCCOCCOCCOCCN. The zero-order valence-electron chi connectivity index (χ0n) is 18.8. The molecule has 0 aliphatic carbocycles. The molecule has 2 N–H and O–H groups in total. The number of rotatable bonds is 25. The molecule has 9 heteroatoms. The fraction of sp³-hybridized carbons (Fsp3) is 0.952. The van der Waals surface area contributed by atoms with E-state index in [1.54, 1.807) is 0 Å². The lowest BCUT2D eigenvalue weighted by molar-refractivity contribution is -0.145. The van der Waals surface area contributed by atoms with E-state index < -0.39 is 0 Å². The minimum absolute atomic E-state index is 0.146. The van der Waals surface area contributed by atoms with Crippen molar-refractivity contribution in [2.75, 3.05) is 92.4 Å². The van der Waals surface area contributed by atoms with Gasteiger partial charge < -0.3 is 38.9 Å². The average Bonchev–Trinajstić information content (AvgIpc) is 2.75. The third-order valence-corrected chi connectivity index (χ3v) is 3.85. The number of ether oxygens (including phenoxy) is 7. The molecule has 0 aliphatic heterocycles. The Morgan fingerprint density at radius 2 is 0.967 bits per heavy atom. The first-order valence-electron chi connectivity index (χ1n) is 11.1. The van der Waals surface area contributed by atoms with E-state index in [1.165, 1.54) is 0 Å². The number of hydrogen-bond donors (Lipinski definition) is 1. The van der Waals surface area contributed by atoms with Gasteiger partial charge in [-0.3, -0.25) is 4.79 Å². The van der Waals surface area contributed by atoms with Crippen molar-refractivity contribution in [1.29, 1.82) is 0 Å². The van der Waals surface area contributed by atoms with Crippen LogP contribution in [0.25, 0.3) is 0 Å². The summed E-state index contributed by atoms with van der Waals surface area (Å²) in [6.45, 7) is 9.08. The maximum Gasteiger partial charge on any atom is 0.305 e. The lowest BCUT2D eigenvalue weighted by Crippen LogP contribution is -2.15. The maximum absolute atomic E-state index is 11.5. The number of nitrogens with two attached hydrogens (primary N) is 1. The summed E-state index contributed by atoms with van der Waals surface area (Å²) >= 11 is 0. The Morgan fingerprint density at radius 3 is 1.37 bits per heavy atom. The second kappa shape index (κ2) is 26.2. The van der Waals surface area contributed by atoms with Crippen LogP contribution in [0, 0.1) is 0 Å². The van der Waals surface area contributed by atoms with E-state index in [-0.39, 0.29) is 5.97 Å². The van der Waals surface area contributed by atoms with Gasteiger partial charge in [0.05, 0.1) is 79.3 Å². The predicted octanol–water partition coefficient (Wildman–Crippen LogP) is 1.56. The molecule has 0 amide bonds. The molecule has 0 unspecified atom stereocenters. The Kier molecular flexibility index (Phi) is 25.5. The van der Waals surface area contributed by atoms with Gasteiger partial charge in [0.2, 0.25) is 0 Å². The first-order chi connectivity index (χ1) is 14.8. The molecule has 180 valence electrons. The fourth-order valence-corrected chi connectivity index (χ4v) is 2.27. The van der Waals surface area contributed by atoms with Gasteiger partial charge in [-0.15, -0.1) is 0 Å². The third kappa shape index (κ3) is 25.2. The molecule has 0 rings (SSSR count). The lowest BCUT2D eigenvalue weighted by atomic mass is 10.2. The molecule has 0 aliphatic rings. The fourth-order valence-electron chi connectivity index (χ4n) is 2.27. The Hall–Kier alpha value is -0.810. The van der Waals surface area contributed by atoms with Crippen LogP contribution in [0.3, 0.4) is 0 Å². The number of esters is 1. The first-order valence-corrected chi connectivity index (χ1v) is 11.1. The van der Waals surface area contributed by atoms with Crippen LogP contribution >= 0.6 is 0 Å². The molecule has 30 heavy (non-hydrogen) atoms. The number of unbranched alkanes of at least 4 members (excludes halogenated alkanes) is 3. The van der Waals surface area contributed by atoms with Crippen molar-refractivity contribution in [2.45, 2.75) is 39.0 Å². The minimum Gasteiger partial charge on any atom is -0.463 e. The molecule has 0 aromatic heterocycles. The highest BCUT2D eigenvalue weighted by molar-refractivity contribution is 5.69. The van der Waals surface area contributed by atoms with Crippen molar-refractivity contribution in [3.8, 4) is 0 Å². The molecule has 0 aromatic rings. The molecule has 0 saturated heterocycles. The quantitative estimate of drug-likeness (QED) is 0.168. The second-order valence-corrected chi connectivity index (χ2v) is 6.49. The van der Waals surface area contributed by atoms with E-state index in [0.717, 1.165) is 25.7 Å². The average molecular weight is 438 g/mol. The van der Waals surface area contributed by atoms with Gasteiger partial charge in [-0.05, 0) is 6.42 Å². The predicted molar refractivity (Wildman–Crippen MR) is 114 cm³/mol. The van der Waals surface area contributed by atoms with E-state index in [0.29, 0.717) is 98.9 Å². The molecule has 0 spiro atoms. The van der Waals surface area contributed by atoms with Crippen molar-refractivity contribution >= 4 is 5.97 Å². The summed E-state index contributed by atoms with van der Waals surface area (Å²) in [5.74, 6) is -0.146. The largest absolute Gasteiger partial charge is 0.463 e. The maximum atomic E-state index is 11.5. The summed E-state index contributed by atoms with van der Waals surface area (Å²) in [5.41, 5.74) is 5.31. The van der Waals surface area contributed by atoms with Crippen molar-refractivity contribution in [3.05, 3.63) is 0 Å². The van der Waals surface area contributed by atoms with Crippen molar-refractivity contribution < 1.29 is 38.0 Å². The topological polar surface area (TPSA) is 108 Å². The van der Waals surface area contributed by atoms with Crippen LogP contribution in [0.5, 0.6) is 0 Å². The number of carbonyl (C=O) groups excluding carboxylic acids is 1. The highest BCUT2D eigenvalue weighted by Gasteiger charge is 2.02. The van der Waals surface area contributed by atoms with Crippen LogP contribution in [-0.2, 0) is 38.0 Å². The van der Waals surface area contributed by atoms with E-state index >= 15 is 0 Å². The summed E-state index contributed by atoms with van der Waals surface area (Å²) in [7, 11) is 0. The summed E-state index contributed by atoms with van der Waals surface area (Å²) in [4.78, 5) is 11.5. The molecule has 0 saturated carbocycles. The van der Waals surface area contributed by atoms with E-state index in [1.807, 2.05) is 0 Å². The summed E-state index contributed by atoms with van der Waals surface area (Å²) in [6, 6.07) is 0. The van der Waals surface area contributed by atoms with Crippen LogP contribution in [-0.4, -0.2) is 98.4 Å². The van der Waals surface area contributed by atoms with Crippen LogP contribution in [0.2, 0.25) is 0 Å². The zero-order chi connectivity index (χ0) is 22.0. The highest BCUT2D eigenvalue weighted by atomic mass is 16.6. The molecule has 0 fully saturated rings. The van der Waals surface area contributed by atoms with E-state index in [2.05, 4.69) is 6.92 Å². The highest BCUT2D eigenvalue weighted by Crippen LogP contribution is 2.03. The van der Waals surface area contributed by atoms with Crippen LogP contribution in [0.15, 0.2) is 0 Å². The Labute approximate surface area is 181 Å². The van der Waals surface area contributed by atoms with E-state index in [9.17, 15) is 4.79 Å². The molecule has 9 nitrogen and oxygen atoms in total. The summed E-state index contributed by atoms with van der Waals surface area (Å²) in [5, 5.41) is 0. The minimum atomic E-state index is -0.146. The summed E-state index contributed by atoms with van der Waals surface area (Å²) in [6.07, 6.45) is 4.80. The van der Waals surface area contributed by atoms with Crippen LogP contribution < -0.4 is 5.73 Å². The molecule has 0 aromatic carbocycles. The normalized spacial score (nSPS) is 11.1. The number of hydrogen-bond acceptors (Lipinski definition) is 9. The Balaban J connectivity index is 3.07. The van der Waals surface area contributed by atoms with Gasteiger partial charge in [-0.1, -0.05) is 26.2 Å². The van der Waals surface area contributed by atoms with Gasteiger partial charge in [0.25, 0.3) is 0 Å². The van der Waals surface area contributed by atoms with Gasteiger partial charge in [-0.25, -0.2) is 0 Å².